The molecule has 0 aliphatic carbocycles. The number of ether oxygens (including phenoxy) is 1. The molecule has 7 nitrogen and oxygen atoms in total. The molecule has 0 radical (unpaired) electrons. The first-order valence-corrected chi connectivity index (χ1v) is 13.3. The van der Waals surface area contributed by atoms with Gasteiger partial charge < -0.3 is 20.7 Å². The molecule has 1 atom stereocenters. The lowest BCUT2D eigenvalue weighted by molar-refractivity contribution is -0.131. The minimum atomic E-state index is -0.657. The molecule has 2 aromatic carbocycles. The number of hydrogen-bond donors (Lipinski definition) is 3. The van der Waals surface area contributed by atoms with Gasteiger partial charge in [-0.3, -0.25) is 14.4 Å². The van der Waals surface area contributed by atoms with Crippen molar-refractivity contribution in [3.63, 3.8) is 0 Å². The summed E-state index contributed by atoms with van der Waals surface area (Å²) < 4.78 is 5.77. The summed E-state index contributed by atoms with van der Waals surface area (Å²) in [5.74, 6) is -0.482. The summed E-state index contributed by atoms with van der Waals surface area (Å²) in [7, 11) is 0. The van der Waals surface area contributed by atoms with Crippen LogP contribution in [0.4, 0.5) is 0 Å². The first kappa shape index (κ1) is 30.3. The van der Waals surface area contributed by atoms with Crippen molar-refractivity contribution < 1.29 is 19.1 Å². The normalized spacial score (nSPS) is 12.9. The second kappa shape index (κ2) is 13.6. The minimum Gasteiger partial charge on any atom is -0.376 e. The number of hydrogen-bond acceptors (Lipinski definition) is 4. The van der Waals surface area contributed by atoms with Crippen LogP contribution in [0.1, 0.15) is 84.5 Å². The second-order valence-electron chi connectivity index (χ2n) is 11.6. The van der Waals surface area contributed by atoms with Crippen LogP contribution in [0.5, 0.6) is 0 Å². The van der Waals surface area contributed by atoms with Crippen LogP contribution in [0.3, 0.4) is 0 Å². The summed E-state index contributed by atoms with van der Waals surface area (Å²) >= 11 is 0. The number of amides is 3. The van der Waals surface area contributed by atoms with E-state index in [0.29, 0.717) is 44.4 Å². The van der Waals surface area contributed by atoms with Gasteiger partial charge in [0.2, 0.25) is 11.8 Å². The van der Waals surface area contributed by atoms with Gasteiger partial charge in [0.1, 0.15) is 6.04 Å². The van der Waals surface area contributed by atoms with Crippen molar-refractivity contribution in [2.45, 2.75) is 91.8 Å². The van der Waals surface area contributed by atoms with Gasteiger partial charge in [-0.25, -0.2) is 0 Å². The molecule has 0 aromatic heterocycles. The number of rotatable bonds is 13. The van der Waals surface area contributed by atoms with Crippen LogP contribution in [-0.2, 0) is 14.3 Å². The van der Waals surface area contributed by atoms with Crippen LogP contribution in [0.2, 0.25) is 0 Å². The van der Waals surface area contributed by atoms with Crippen molar-refractivity contribution >= 4 is 28.5 Å². The molecule has 0 fully saturated rings. The molecule has 0 saturated carbocycles. The smallest absolute Gasteiger partial charge is 0.252 e. The average Bonchev–Trinajstić information content (AvgIpc) is 2.80. The summed E-state index contributed by atoms with van der Waals surface area (Å²) in [4.78, 5) is 38.7. The van der Waals surface area contributed by atoms with E-state index in [4.69, 9.17) is 4.74 Å². The Balaban J connectivity index is 1.91. The maximum atomic E-state index is 13.1. The molecule has 3 N–H and O–H groups in total. The third kappa shape index (κ3) is 10.2. The Labute approximate surface area is 222 Å². The monoisotopic (exact) mass is 511 g/mol. The quantitative estimate of drug-likeness (QED) is 0.331. The number of benzene rings is 2. The van der Waals surface area contributed by atoms with E-state index in [9.17, 15) is 14.4 Å². The van der Waals surface area contributed by atoms with Gasteiger partial charge >= 0.3 is 0 Å². The lowest BCUT2D eigenvalue weighted by atomic mass is 9.88. The van der Waals surface area contributed by atoms with E-state index >= 15 is 0 Å². The van der Waals surface area contributed by atoms with Gasteiger partial charge in [0, 0.05) is 30.2 Å². The third-order valence-electron chi connectivity index (χ3n) is 6.17. The molecule has 204 valence electrons. The molecule has 3 amide bonds. The minimum absolute atomic E-state index is 0.0108. The molecule has 1 unspecified atom stereocenters. The Bertz CT molecular complexity index is 1050. The van der Waals surface area contributed by atoms with Gasteiger partial charge in [-0.05, 0) is 77.1 Å². The molecule has 0 spiro atoms. The van der Waals surface area contributed by atoms with Crippen molar-refractivity contribution in [2.24, 2.45) is 5.41 Å². The van der Waals surface area contributed by atoms with Crippen LogP contribution in [0.25, 0.3) is 10.8 Å². The number of carbonyl (C=O) groups is 3. The van der Waals surface area contributed by atoms with E-state index in [1.165, 1.54) is 0 Å². The Morgan fingerprint density at radius 2 is 1.57 bits per heavy atom. The van der Waals surface area contributed by atoms with Crippen molar-refractivity contribution in [2.75, 3.05) is 13.2 Å². The van der Waals surface area contributed by atoms with E-state index in [-0.39, 0.29) is 29.4 Å². The Hall–Kier alpha value is -2.93. The SMILES string of the molecule is CC(C)NC(=O)C(CCCCNC(=O)C(C)(C)CCOC(C)(C)C)NC(=O)c1cccc2ccccc12. The zero-order chi connectivity index (χ0) is 27.6. The zero-order valence-corrected chi connectivity index (χ0v) is 23.6. The molecular weight excluding hydrogens is 466 g/mol. The first-order chi connectivity index (χ1) is 17.3. The van der Waals surface area contributed by atoms with E-state index in [1.807, 2.05) is 84.9 Å². The van der Waals surface area contributed by atoms with E-state index in [0.717, 1.165) is 10.8 Å². The molecular formula is C30H45N3O4. The van der Waals surface area contributed by atoms with Crippen LogP contribution >= 0.6 is 0 Å². The molecule has 0 saturated heterocycles. The lowest BCUT2D eigenvalue weighted by Gasteiger charge is -2.26. The fourth-order valence-corrected chi connectivity index (χ4v) is 3.95. The van der Waals surface area contributed by atoms with Gasteiger partial charge in [0.05, 0.1) is 5.60 Å². The maximum Gasteiger partial charge on any atom is 0.252 e. The molecule has 0 bridgehead atoms. The summed E-state index contributed by atoms with van der Waals surface area (Å²) in [5.41, 5.74) is -0.212. The molecule has 7 heteroatoms. The summed E-state index contributed by atoms with van der Waals surface area (Å²) in [5, 5.41) is 10.7. The van der Waals surface area contributed by atoms with Crippen molar-refractivity contribution in [1.29, 1.82) is 0 Å². The van der Waals surface area contributed by atoms with Gasteiger partial charge in [-0.15, -0.1) is 0 Å². The Morgan fingerprint density at radius 1 is 0.892 bits per heavy atom. The lowest BCUT2D eigenvalue weighted by Crippen LogP contribution is -2.48. The van der Waals surface area contributed by atoms with Gasteiger partial charge in [0.25, 0.3) is 5.91 Å². The van der Waals surface area contributed by atoms with E-state index < -0.39 is 11.5 Å². The zero-order valence-electron chi connectivity index (χ0n) is 23.6. The summed E-state index contributed by atoms with van der Waals surface area (Å²) in [6.07, 6.45) is 2.50. The second-order valence-corrected chi connectivity index (χ2v) is 11.6. The highest BCUT2D eigenvalue weighted by Crippen LogP contribution is 2.22. The predicted octanol–water partition coefficient (Wildman–Crippen LogP) is 4.98. The Morgan fingerprint density at radius 3 is 2.24 bits per heavy atom. The highest BCUT2D eigenvalue weighted by Gasteiger charge is 2.28. The molecule has 37 heavy (non-hydrogen) atoms. The largest absolute Gasteiger partial charge is 0.376 e. The number of unbranched alkanes of at least 4 members (excludes halogenated alkanes) is 1. The summed E-state index contributed by atoms with van der Waals surface area (Å²) in [6.45, 7) is 14.7. The molecule has 0 aliphatic heterocycles. The maximum absolute atomic E-state index is 13.1. The standard InChI is InChI=1S/C30H45N3O4/c1-21(2)32-27(35)25(33-26(34)24-16-12-14-22-13-8-9-15-23(22)24)17-10-11-19-31-28(36)30(6,7)18-20-37-29(3,4)5/h8-9,12-16,21,25H,10-11,17-20H2,1-7H3,(H,31,36)(H,32,35)(H,33,34). The molecule has 0 heterocycles. The molecule has 2 aromatic rings. The van der Waals surface area contributed by atoms with Gasteiger partial charge in [0.15, 0.2) is 0 Å². The topological polar surface area (TPSA) is 96.5 Å². The Kier molecular flexibility index (Phi) is 11.1. The highest BCUT2D eigenvalue weighted by molar-refractivity contribution is 6.08. The van der Waals surface area contributed by atoms with Crippen LogP contribution in [-0.4, -0.2) is 48.6 Å². The predicted molar refractivity (Wildman–Crippen MR) is 149 cm³/mol. The van der Waals surface area contributed by atoms with E-state index in [2.05, 4.69) is 16.0 Å². The van der Waals surface area contributed by atoms with Crippen LogP contribution < -0.4 is 16.0 Å². The van der Waals surface area contributed by atoms with Crippen LogP contribution in [0, 0.1) is 5.41 Å². The fraction of sp³-hybridized carbons (Fsp3) is 0.567. The number of nitrogens with one attached hydrogen (secondary N) is 3. The van der Waals surface area contributed by atoms with Crippen molar-refractivity contribution in [1.82, 2.24) is 16.0 Å². The number of carbonyl (C=O) groups excluding carboxylic acids is 3. The van der Waals surface area contributed by atoms with Crippen molar-refractivity contribution in [3.8, 4) is 0 Å². The van der Waals surface area contributed by atoms with Gasteiger partial charge in [-0.1, -0.05) is 50.2 Å². The highest BCUT2D eigenvalue weighted by atomic mass is 16.5. The van der Waals surface area contributed by atoms with E-state index in [1.54, 1.807) is 6.07 Å². The fourth-order valence-electron chi connectivity index (χ4n) is 3.95. The third-order valence-corrected chi connectivity index (χ3v) is 6.17. The first-order valence-electron chi connectivity index (χ1n) is 13.3. The number of fused-ring (bicyclic) bond motifs is 1. The summed E-state index contributed by atoms with van der Waals surface area (Å²) in [6, 6.07) is 12.6. The van der Waals surface area contributed by atoms with Gasteiger partial charge in [-0.2, -0.15) is 0 Å². The van der Waals surface area contributed by atoms with Crippen molar-refractivity contribution in [3.05, 3.63) is 48.0 Å². The van der Waals surface area contributed by atoms with Crippen LogP contribution in [0.15, 0.2) is 42.5 Å². The average molecular weight is 512 g/mol. The molecule has 2 rings (SSSR count). The molecule has 0 aliphatic rings.